The number of carbonyl (C=O) groups excluding carboxylic acids is 1. The number of ether oxygens (including phenoxy) is 1. The molecule has 2 N–H and O–H groups in total. The number of fused-ring (bicyclic) bond motifs is 1. The fraction of sp³-hybridized carbons (Fsp3) is 0.103. The Morgan fingerprint density at radius 2 is 1.62 bits per heavy atom. The summed E-state index contributed by atoms with van der Waals surface area (Å²) >= 11 is 0. The zero-order chi connectivity index (χ0) is 26.4. The van der Waals surface area contributed by atoms with Gasteiger partial charge in [0, 0.05) is 17.5 Å². The molecule has 0 fully saturated rings. The molecule has 0 aliphatic heterocycles. The molecule has 4 aromatic rings. The standard InChI is InChI=1S/C29H23F3N2O3/c1-2-37-22-15-11-20(12-16-22)23(19-9-13-21(14-10-19)29(30,31)32)5-3-8-27(35)33-25-6-4-7-26-24(25)17-18-28(36)34-26/h3-18H,2H2,1H3,(H,33,35)(H,34,36). The van der Waals surface area contributed by atoms with E-state index in [1.165, 1.54) is 30.4 Å². The molecule has 1 heterocycles. The fourth-order valence-electron chi connectivity index (χ4n) is 3.80. The minimum atomic E-state index is -4.44. The molecule has 3 aromatic carbocycles. The van der Waals surface area contributed by atoms with Crippen molar-refractivity contribution in [3.8, 4) is 5.75 Å². The Labute approximate surface area is 210 Å². The zero-order valence-corrected chi connectivity index (χ0v) is 19.8. The highest BCUT2D eigenvalue weighted by atomic mass is 19.4. The van der Waals surface area contributed by atoms with Crippen LogP contribution >= 0.6 is 0 Å². The fourth-order valence-corrected chi connectivity index (χ4v) is 3.80. The number of aromatic amines is 1. The van der Waals surface area contributed by atoms with Gasteiger partial charge in [-0.25, -0.2) is 0 Å². The van der Waals surface area contributed by atoms with Gasteiger partial charge in [-0.3, -0.25) is 9.59 Å². The normalized spacial score (nSPS) is 12.2. The number of amides is 1. The number of hydrogen-bond donors (Lipinski definition) is 2. The van der Waals surface area contributed by atoms with Gasteiger partial charge in [-0.2, -0.15) is 13.2 Å². The van der Waals surface area contributed by atoms with Crippen LogP contribution in [0.15, 0.2) is 102 Å². The van der Waals surface area contributed by atoms with Crippen LogP contribution in [0.1, 0.15) is 23.6 Å². The lowest BCUT2D eigenvalue weighted by Gasteiger charge is -2.12. The number of carbonyl (C=O) groups is 1. The lowest BCUT2D eigenvalue weighted by Crippen LogP contribution is -2.09. The molecule has 1 aromatic heterocycles. The van der Waals surface area contributed by atoms with Crippen LogP contribution in [0.25, 0.3) is 16.5 Å². The molecule has 0 spiro atoms. The van der Waals surface area contributed by atoms with E-state index in [0.29, 0.717) is 40.1 Å². The molecule has 188 valence electrons. The number of hydrogen-bond acceptors (Lipinski definition) is 3. The number of halogens is 3. The van der Waals surface area contributed by atoms with Crippen molar-refractivity contribution in [1.29, 1.82) is 0 Å². The van der Waals surface area contributed by atoms with Crippen LogP contribution in [0.4, 0.5) is 18.9 Å². The van der Waals surface area contributed by atoms with E-state index in [1.54, 1.807) is 54.6 Å². The van der Waals surface area contributed by atoms with Crippen LogP contribution in [0, 0.1) is 0 Å². The number of anilines is 1. The van der Waals surface area contributed by atoms with Crippen LogP contribution < -0.4 is 15.6 Å². The average Bonchev–Trinajstić information content (AvgIpc) is 2.87. The van der Waals surface area contributed by atoms with Crippen molar-refractivity contribution < 1.29 is 22.7 Å². The predicted molar refractivity (Wildman–Crippen MR) is 138 cm³/mol. The summed E-state index contributed by atoms with van der Waals surface area (Å²) < 4.78 is 44.6. The number of nitrogens with one attached hydrogen (secondary N) is 2. The third kappa shape index (κ3) is 6.35. The Bertz CT molecular complexity index is 1520. The van der Waals surface area contributed by atoms with Gasteiger partial charge < -0.3 is 15.0 Å². The molecule has 0 aliphatic carbocycles. The number of aromatic nitrogens is 1. The lowest BCUT2D eigenvalue weighted by molar-refractivity contribution is -0.137. The maximum absolute atomic E-state index is 13.0. The molecule has 0 radical (unpaired) electrons. The molecular weight excluding hydrogens is 481 g/mol. The Hall–Kier alpha value is -4.59. The lowest BCUT2D eigenvalue weighted by atomic mass is 9.96. The summed E-state index contributed by atoms with van der Waals surface area (Å²) in [7, 11) is 0. The zero-order valence-electron chi connectivity index (χ0n) is 19.8. The Kier molecular flexibility index (Phi) is 7.57. The van der Waals surface area contributed by atoms with Gasteiger partial charge in [-0.15, -0.1) is 0 Å². The SMILES string of the molecule is CCOc1ccc(C(=CC=CC(=O)Nc2cccc3[nH]c(=O)ccc23)c2ccc(C(F)(F)F)cc2)cc1. The minimum absolute atomic E-state index is 0.244. The molecule has 5 nitrogen and oxygen atoms in total. The first-order valence-corrected chi connectivity index (χ1v) is 11.5. The van der Waals surface area contributed by atoms with Crippen LogP contribution in [0.2, 0.25) is 0 Å². The molecule has 0 aliphatic rings. The summed E-state index contributed by atoms with van der Waals surface area (Å²) in [4.78, 5) is 26.9. The van der Waals surface area contributed by atoms with Crippen molar-refractivity contribution in [2.24, 2.45) is 0 Å². The van der Waals surface area contributed by atoms with E-state index >= 15 is 0 Å². The largest absolute Gasteiger partial charge is 0.494 e. The van der Waals surface area contributed by atoms with E-state index in [4.69, 9.17) is 4.74 Å². The van der Waals surface area contributed by atoms with Gasteiger partial charge in [-0.1, -0.05) is 42.5 Å². The van der Waals surface area contributed by atoms with Crippen LogP contribution in [-0.4, -0.2) is 17.5 Å². The van der Waals surface area contributed by atoms with Gasteiger partial charge >= 0.3 is 6.18 Å². The third-order valence-corrected chi connectivity index (χ3v) is 5.53. The summed E-state index contributed by atoms with van der Waals surface area (Å²) in [5, 5.41) is 3.46. The van der Waals surface area contributed by atoms with Crippen molar-refractivity contribution in [3.05, 3.63) is 124 Å². The van der Waals surface area contributed by atoms with Gasteiger partial charge in [0.1, 0.15) is 5.75 Å². The van der Waals surface area contributed by atoms with E-state index in [1.807, 2.05) is 6.92 Å². The monoisotopic (exact) mass is 504 g/mol. The molecule has 0 unspecified atom stereocenters. The second kappa shape index (κ2) is 11.0. The molecular formula is C29H23F3N2O3. The molecule has 0 saturated carbocycles. The Morgan fingerprint density at radius 1 is 0.946 bits per heavy atom. The summed E-state index contributed by atoms with van der Waals surface area (Å²) in [5.41, 5.74) is 2.06. The maximum atomic E-state index is 13.0. The molecule has 4 rings (SSSR count). The van der Waals surface area contributed by atoms with Crippen molar-refractivity contribution in [2.45, 2.75) is 13.1 Å². The molecule has 8 heteroatoms. The van der Waals surface area contributed by atoms with Crippen LogP contribution in [0.5, 0.6) is 5.75 Å². The van der Waals surface area contributed by atoms with Gasteiger partial charge in [0.2, 0.25) is 11.5 Å². The van der Waals surface area contributed by atoms with Crippen LogP contribution in [0.3, 0.4) is 0 Å². The maximum Gasteiger partial charge on any atom is 0.416 e. The number of benzene rings is 3. The molecule has 0 saturated heterocycles. The first kappa shape index (κ1) is 25.5. The number of allylic oxidation sites excluding steroid dienone is 2. The second-order valence-electron chi connectivity index (χ2n) is 8.05. The van der Waals surface area contributed by atoms with Crippen molar-refractivity contribution >= 4 is 28.1 Å². The number of rotatable bonds is 7. The van der Waals surface area contributed by atoms with Gasteiger partial charge in [-0.05, 0) is 66.1 Å². The average molecular weight is 505 g/mol. The van der Waals surface area contributed by atoms with Crippen molar-refractivity contribution in [2.75, 3.05) is 11.9 Å². The van der Waals surface area contributed by atoms with E-state index in [2.05, 4.69) is 10.3 Å². The van der Waals surface area contributed by atoms with E-state index in [9.17, 15) is 22.8 Å². The predicted octanol–water partition coefficient (Wildman–Crippen LogP) is 6.57. The van der Waals surface area contributed by atoms with Gasteiger partial charge in [0.15, 0.2) is 0 Å². The minimum Gasteiger partial charge on any atom is -0.494 e. The van der Waals surface area contributed by atoms with Gasteiger partial charge in [0.25, 0.3) is 0 Å². The highest BCUT2D eigenvalue weighted by Gasteiger charge is 2.30. The summed E-state index contributed by atoms with van der Waals surface area (Å²) in [6.07, 6.45) is 0.0849. The molecule has 0 atom stereocenters. The smallest absolute Gasteiger partial charge is 0.416 e. The summed E-state index contributed by atoms with van der Waals surface area (Å²) in [6.45, 7) is 2.38. The highest BCUT2D eigenvalue weighted by Crippen LogP contribution is 2.32. The van der Waals surface area contributed by atoms with E-state index in [0.717, 1.165) is 17.7 Å². The van der Waals surface area contributed by atoms with Crippen LogP contribution in [-0.2, 0) is 11.0 Å². The van der Waals surface area contributed by atoms with Gasteiger partial charge in [0.05, 0.1) is 23.4 Å². The van der Waals surface area contributed by atoms with Crippen molar-refractivity contribution in [1.82, 2.24) is 4.98 Å². The highest BCUT2D eigenvalue weighted by molar-refractivity contribution is 6.05. The Morgan fingerprint density at radius 3 is 2.27 bits per heavy atom. The molecule has 1 amide bonds. The summed E-state index contributed by atoms with van der Waals surface area (Å²) in [5.74, 6) is 0.262. The molecule has 0 bridgehead atoms. The quantitative estimate of drug-likeness (QED) is 0.221. The van der Waals surface area contributed by atoms with Crippen molar-refractivity contribution in [3.63, 3.8) is 0 Å². The number of pyridine rings is 1. The third-order valence-electron chi connectivity index (χ3n) is 5.53. The Balaban J connectivity index is 1.61. The number of H-pyrrole nitrogens is 1. The molecule has 37 heavy (non-hydrogen) atoms. The second-order valence-corrected chi connectivity index (χ2v) is 8.05. The van der Waals surface area contributed by atoms with E-state index in [-0.39, 0.29) is 5.56 Å². The first-order chi connectivity index (χ1) is 17.7. The van der Waals surface area contributed by atoms with E-state index < -0.39 is 17.6 Å². The first-order valence-electron chi connectivity index (χ1n) is 11.5. The number of alkyl halides is 3. The topological polar surface area (TPSA) is 71.2 Å². The summed E-state index contributed by atoms with van der Waals surface area (Å²) in [6, 6.07) is 20.2.